The Morgan fingerprint density at radius 3 is 2.57 bits per heavy atom. The summed E-state index contributed by atoms with van der Waals surface area (Å²) in [6.07, 6.45) is 5.16. The van der Waals surface area contributed by atoms with Gasteiger partial charge in [-0.25, -0.2) is 9.99 Å². The molecule has 21 heavy (non-hydrogen) atoms. The van der Waals surface area contributed by atoms with Crippen LogP contribution in [0.4, 0.5) is 5.82 Å². The lowest BCUT2D eigenvalue weighted by atomic mass is 10.1. The van der Waals surface area contributed by atoms with Crippen molar-refractivity contribution in [2.24, 2.45) is 0 Å². The Kier molecular flexibility index (Phi) is 4.01. The van der Waals surface area contributed by atoms with Crippen molar-refractivity contribution in [3.63, 3.8) is 0 Å². The smallest absolute Gasteiger partial charge is 0.267 e. The molecule has 2 N–H and O–H groups in total. The van der Waals surface area contributed by atoms with Gasteiger partial charge in [-0.15, -0.1) is 0 Å². The number of amides is 1. The molecule has 0 bridgehead atoms. The minimum atomic E-state index is -0.0803. The molecule has 1 amide bonds. The largest absolute Gasteiger partial charge is 0.373 e. The molecule has 3 rings (SSSR count). The normalized spacial score (nSPS) is 15.9. The van der Waals surface area contributed by atoms with Gasteiger partial charge < -0.3 is 5.32 Å². The quantitative estimate of drug-likeness (QED) is 0.908. The molecule has 1 aliphatic rings. The van der Waals surface area contributed by atoms with Crippen LogP contribution in [0.1, 0.15) is 29.6 Å². The number of nitrogens with one attached hydrogen (secondary N) is 2. The van der Waals surface area contributed by atoms with Gasteiger partial charge >= 0.3 is 0 Å². The van der Waals surface area contributed by atoms with Crippen molar-refractivity contribution < 1.29 is 4.79 Å². The van der Waals surface area contributed by atoms with Crippen molar-refractivity contribution in [1.82, 2.24) is 15.4 Å². The second-order valence-electron chi connectivity index (χ2n) is 5.30. The molecule has 5 heteroatoms. The highest BCUT2D eigenvalue weighted by molar-refractivity contribution is 6.09. The number of aromatic nitrogens is 1. The first-order chi connectivity index (χ1) is 10.3. The summed E-state index contributed by atoms with van der Waals surface area (Å²) in [6, 6.07) is 7.84. The van der Waals surface area contributed by atoms with Crippen LogP contribution in [0.2, 0.25) is 0 Å². The van der Waals surface area contributed by atoms with Gasteiger partial charge in [0.15, 0.2) is 0 Å². The third-order valence-electron chi connectivity index (χ3n) is 3.89. The standard InChI is InChI=1S/C16H20N4O/c1-17-15-13-8-4-3-7-12(13)14(11-18-15)16(21)19-20-9-5-2-6-10-20/h3-4,7-8,11H,2,5-6,9-10H2,1H3,(H,17,18)(H,19,21). The maximum absolute atomic E-state index is 12.5. The monoisotopic (exact) mass is 284 g/mol. The fraction of sp³-hybridized carbons (Fsp3) is 0.375. The summed E-state index contributed by atoms with van der Waals surface area (Å²) in [5, 5.41) is 6.96. The van der Waals surface area contributed by atoms with Crippen LogP contribution in [-0.4, -0.2) is 36.0 Å². The van der Waals surface area contributed by atoms with Crippen LogP contribution in [0.15, 0.2) is 30.5 Å². The van der Waals surface area contributed by atoms with Gasteiger partial charge in [0.1, 0.15) is 5.82 Å². The molecule has 1 aromatic carbocycles. The van der Waals surface area contributed by atoms with E-state index in [1.807, 2.05) is 36.3 Å². The molecule has 0 aliphatic carbocycles. The molecule has 0 saturated carbocycles. The molecule has 1 aromatic heterocycles. The van der Waals surface area contributed by atoms with Crippen LogP contribution in [0.3, 0.4) is 0 Å². The van der Waals surface area contributed by atoms with E-state index in [0.717, 1.165) is 42.5 Å². The van der Waals surface area contributed by atoms with Crippen LogP contribution < -0.4 is 10.7 Å². The highest BCUT2D eigenvalue weighted by atomic mass is 16.2. The summed E-state index contributed by atoms with van der Waals surface area (Å²) in [4.78, 5) is 16.9. The van der Waals surface area contributed by atoms with Gasteiger partial charge in [0.2, 0.25) is 0 Å². The number of nitrogens with zero attached hydrogens (tertiary/aromatic N) is 2. The molecule has 5 nitrogen and oxygen atoms in total. The number of carbonyl (C=O) groups is 1. The summed E-state index contributed by atoms with van der Waals surface area (Å²) in [7, 11) is 1.84. The molecule has 110 valence electrons. The van der Waals surface area contributed by atoms with E-state index in [2.05, 4.69) is 15.7 Å². The number of hydrazine groups is 1. The Hall–Kier alpha value is -2.14. The first-order valence-electron chi connectivity index (χ1n) is 7.41. The minimum absolute atomic E-state index is 0.0803. The van der Waals surface area contributed by atoms with E-state index in [0.29, 0.717) is 5.56 Å². The topological polar surface area (TPSA) is 57.3 Å². The number of rotatable bonds is 3. The van der Waals surface area contributed by atoms with Crippen LogP contribution in [0.5, 0.6) is 0 Å². The highest BCUT2D eigenvalue weighted by Gasteiger charge is 2.17. The molecular formula is C16H20N4O. The summed E-state index contributed by atoms with van der Waals surface area (Å²) in [5.74, 6) is 0.711. The number of fused-ring (bicyclic) bond motifs is 1. The number of anilines is 1. The van der Waals surface area contributed by atoms with Gasteiger partial charge in [-0.3, -0.25) is 10.2 Å². The molecule has 0 atom stereocenters. The third-order valence-corrected chi connectivity index (χ3v) is 3.89. The maximum Gasteiger partial charge on any atom is 0.267 e. The van der Waals surface area contributed by atoms with Crippen molar-refractivity contribution in [3.8, 4) is 0 Å². The van der Waals surface area contributed by atoms with E-state index < -0.39 is 0 Å². The molecule has 0 unspecified atom stereocenters. The summed E-state index contributed by atoms with van der Waals surface area (Å²) >= 11 is 0. The summed E-state index contributed by atoms with van der Waals surface area (Å²) in [6.45, 7) is 1.84. The number of piperidine rings is 1. The number of pyridine rings is 1. The fourth-order valence-electron chi connectivity index (χ4n) is 2.78. The average Bonchev–Trinajstić information content (AvgIpc) is 2.54. The maximum atomic E-state index is 12.5. The van der Waals surface area contributed by atoms with Crippen molar-refractivity contribution in [2.75, 3.05) is 25.5 Å². The minimum Gasteiger partial charge on any atom is -0.373 e. The molecule has 1 aliphatic heterocycles. The van der Waals surface area contributed by atoms with Crippen molar-refractivity contribution in [3.05, 3.63) is 36.0 Å². The Morgan fingerprint density at radius 2 is 1.86 bits per heavy atom. The number of carbonyl (C=O) groups excluding carboxylic acids is 1. The van der Waals surface area contributed by atoms with Crippen LogP contribution in [-0.2, 0) is 0 Å². The molecule has 0 radical (unpaired) electrons. The van der Waals surface area contributed by atoms with E-state index >= 15 is 0 Å². The van der Waals surface area contributed by atoms with Gasteiger partial charge in [0.05, 0.1) is 5.56 Å². The van der Waals surface area contributed by atoms with Crippen LogP contribution in [0, 0.1) is 0 Å². The SMILES string of the molecule is CNc1ncc(C(=O)NN2CCCCC2)c2ccccc12. The first kappa shape index (κ1) is 13.8. The predicted octanol–water partition coefficient (Wildman–Crippen LogP) is 2.41. The molecule has 2 heterocycles. The molecule has 2 aromatic rings. The lowest BCUT2D eigenvalue weighted by Crippen LogP contribution is -2.45. The number of benzene rings is 1. The number of hydrogen-bond acceptors (Lipinski definition) is 4. The van der Waals surface area contributed by atoms with Crippen molar-refractivity contribution >= 4 is 22.5 Å². The molecule has 1 fully saturated rings. The number of hydrogen-bond donors (Lipinski definition) is 2. The summed E-state index contributed by atoms with van der Waals surface area (Å²) < 4.78 is 0. The lowest BCUT2D eigenvalue weighted by Gasteiger charge is -2.27. The summed E-state index contributed by atoms with van der Waals surface area (Å²) in [5.41, 5.74) is 3.62. The lowest BCUT2D eigenvalue weighted by molar-refractivity contribution is 0.0751. The average molecular weight is 284 g/mol. The van der Waals surface area contributed by atoms with Gasteiger partial charge in [-0.2, -0.15) is 0 Å². The van der Waals surface area contributed by atoms with Gasteiger partial charge in [-0.1, -0.05) is 30.7 Å². The third kappa shape index (κ3) is 2.83. The van der Waals surface area contributed by atoms with E-state index in [4.69, 9.17) is 0 Å². The predicted molar refractivity (Wildman–Crippen MR) is 84.2 cm³/mol. The highest BCUT2D eigenvalue weighted by Crippen LogP contribution is 2.24. The van der Waals surface area contributed by atoms with E-state index in [-0.39, 0.29) is 5.91 Å². The molecule has 0 spiro atoms. The van der Waals surface area contributed by atoms with E-state index in [1.54, 1.807) is 6.20 Å². The Bertz CT molecular complexity index is 650. The zero-order valence-corrected chi connectivity index (χ0v) is 12.2. The fourth-order valence-corrected chi connectivity index (χ4v) is 2.78. The Morgan fingerprint density at radius 1 is 1.14 bits per heavy atom. The van der Waals surface area contributed by atoms with Crippen LogP contribution in [0.25, 0.3) is 10.8 Å². The zero-order valence-electron chi connectivity index (χ0n) is 12.2. The first-order valence-corrected chi connectivity index (χ1v) is 7.41. The zero-order chi connectivity index (χ0) is 14.7. The molecule has 1 saturated heterocycles. The van der Waals surface area contributed by atoms with E-state index in [9.17, 15) is 4.79 Å². The van der Waals surface area contributed by atoms with Gasteiger partial charge in [0.25, 0.3) is 5.91 Å². The van der Waals surface area contributed by atoms with E-state index in [1.165, 1.54) is 6.42 Å². The Balaban J connectivity index is 1.91. The second kappa shape index (κ2) is 6.10. The van der Waals surface area contributed by atoms with Gasteiger partial charge in [-0.05, 0) is 18.2 Å². The Labute approximate surface area is 124 Å². The van der Waals surface area contributed by atoms with Gasteiger partial charge in [0, 0.05) is 31.7 Å². The van der Waals surface area contributed by atoms with Crippen LogP contribution >= 0.6 is 0 Å². The van der Waals surface area contributed by atoms with Crippen molar-refractivity contribution in [2.45, 2.75) is 19.3 Å². The van der Waals surface area contributed by atoms with Crippen molar-refractivity contribution in [1.29, 1.82) is 0 Å². The molecular weight excluding hydrogens is 264 g/mol. The second-order valence-corrected chi connectivity index (χ2v) is 5.30.